The van der Waals surface area contributed by atoms with Crippen molar-refractivity contribution >= 4 is 35.2 Å². The van der Waals surface area contributed by atoms with Gasteiger partial charge in [-0.05, 0) is 23.8 Å². The molecule has 3 rings (SSSR count). The number of ketones is 1. The summed E-state index contributed by atoms with van der Waals surface area (Å²) in [5, 5.41) is 11.2. The van der Waals surface area contributed by atoms with E-state index in [1.165, 1.54) is 11.1 Å². The van der Waals surface area contributed by atoms with Crippen molar-refractivity contribution in [1.82, 2.24) is 15.2 Å². The Balaban J connectivity index is 1.62. The second kappa shape index (κ2) is 9.36. The average molecular weight is 432 g/mol. The molecule has 9 nitrogen and oxygen atoms in total. The minimum atomic E-state index is -1.52. The van der Waals surface area contributed by atoms with Gasteiger partial charge in [0.15, 0.2) is 11.7 Å². The number of piperidine rings is 1. The molecule has 1 aliphatic heterocycles. The molecule has 1 aliphatic rings. The lowest BCUT2D eigenvalue weighted by Gasteiger charge is -2.30. The molecule has 1 atom stereocenters. The van der Waals surface area contributed by atoms with Gasteiger partial charge in [-0.15, -0.1) is 0 Å². The lowest BCUT2D eigenvalue weighted by Crippen LogP contribution is -2.52. The molecule has 10 heteroatoms. The largest absolute Gasteiger partial charge is 0.480 e. The van der Waals surface area contributed by atoms with E-state index in [-0.39, 0.29) is 19.5 Å². The number of aliphatic carboxylic acids is 1. The highest BCUT2D eigenvalue weighted by Crippen LogP contribution is 2.23. The number of ether oxygens (including phenoxy) is 1. The first-order valence-electron chi connectivity index (χ1n) is 9.03. The van der Waals surface area contributed by atoms with Crippen LogP contribution >= 0.6 is 11.6 Å². The number of nitrogens with zero attached hydrogens (tertiary/aromatic N) is 2. The Labute approximate surface area is 176 Å². The number of pyridine rings is 1. The number of Topliss-reactive ketones (excluding diaryl/α,β-unsaturated/α-hetero) is 1. The standard InChI is InChI=1S/C20H18ClN3O6/c21-13-3-6-16(22-9-13)30-14-4-1-12(2-5-14)11-24-8-7-15(25)18(20(24)29)19(28)23-10-17(26)27/h1-6,9,18H,7-8,10-11H2,(H,23,28)(H,26,27). The first kappa shape index (κ1) is 21.3. The molecule has 1 aromatic heterocycles. The van der Waals surface area contributed by atoms with Crippen molar-refractivity contribution in [3.8, 4) is 11.6 Å². The highest BCUT2D eigenvalue weighted by Gasteiger charge is 2.40. The Kier molecular flexibility index (Phi) is 6.63. The zero-order chi connectivity index (χ0) is 21.7. The molecule has 2 amide bonds. The lowest BCUT2D eigenvalue weighted by molar-refractivity contribution is -0.152. The predicted molar refractivity (Wildman–Crippen MR) is 105 cm³/mol. The van der Waals surface area contributed by atoms with Crippen LogP contribution in [0.15, 0.2) is 42.6 Å². The van der Waals surface area contributed by atoms with Crippen LogP contribution < -0.4 is 10.1 Å². The van der Waals surface area contributed by atoms with E-state index in [1.54, 1.807) is 36.4 Å². The van der Waals surface area contributed by atoms with Crippen molar-refractivity contribution in [3.05, 3.63) is 53.2 Å². The monoisotopic (exact) mass is 431 g/mol. The molecule has 0 radical (unpaired) electrons. The second-order valence-corrected chi connectivity index (χ2v) is 7.02. The van der Waals surface area contributed by atoms with E-state index in [0.717, 1.165) is 5.56 Å². The fourth-order valence-corrected chi connectivity index (χ4v) is 3.04. The summed E-state index contributed by atoms with van der Waals surface area (Å²) < 4.78 is 5.61. The van der Waals surface area contributed by atoms with Crippen LogP contribution in [0.25, 0.3) is 0 Å². The maximum absolute atomic E-state index is 12.6. The number of aromatic nitrogens is 1. The number of benzene rings is 1. The fraction of sp³-hybridized carbons (Fsp3) is 0.250. The van der Waals surface area contributed by atoms with Crippen LogP contribution in [-0.2, 0) is 25.7 Å². The van der Waals surface area contributed by atoms with Crippen molar-refractivity contribution in [3.63, 3.8) is 0 Å². The van der Waals surface area contributed by atoms with E-state index in [9.17, 15) is 19.2 Å². The molecule has 2 aromatic rings. The minimum Gasteiger partial charge on any atom is -0.480 e. The van der Waals surface area contributed by atoms with Crippen LogP contribution in [0.2, 0.25) is 5.02 Å². The van der Waals surface area contributed by atoms with Crippen LogP contribution in [0, 0.1) is 5.92 Å². The molecular weight excluding hydrogens is 414 g/mol. The minimum absolute atomic E-state index is 0.0281. The molecule has 0 saturated carbocycles. The summed E-state index contributed by atoms with van der Waals surface area (Å²) >= 11 is 5.79. The molecule has 1 aromatic carbocycles. The molecular formula is C20H18ClN3O6. The van der Waals surface area contributed by atoms with E-state index < -0.39 is 36.0 Å². The summed E-state index contributed by atoms with van der Waals surface area (Å²) in [6.07, 6.45) is 1.50. The van der Waals surface area contributed by atoms with E-state index in [1.807, 2.05) is 0 Å². The highest BCUT2D eigenvalue weighted by molar-refractivity contribution is 6.30. The smallest absolute Gasteiger partial charge is 0.322 e. The van der Waals surface area contributed by atoms with Crippen molar-refractivity contribution < 1.29 is 29.0 Å². The lowest BCUT2D eigenvalue weighted by atomic mass is 9.94. The summed E-state index contributed by atoms with van der Waals surface area (Å²) in [4.78, 5) is 52.8. The van der Waals surface area contributed by atoms with E-state index in [0.29, 0.717) is 16.7 Å². The molecule has 1 unspecified atom stereocenters. The van der Waals surface area contributed by atoms with Crippen LogP contribution in [0.5, 0.6) is 11.6 Å². The Bertz CT molecular complexity index is 962. The number of carboxylic acids is 1. The van der Waals surface area contributed by atoms with Crippen LogP contribution in [-0.4, -0.2) is 51.6 Å². The maximum Gasteiger partial charge on any atom is 0.322 e. The Hall–Kier alpha value is -3.46. The number of carboxylic acid groups (broad SMARTS) is 1. The molecule has 0 bridgehead atoms. The number of carbonyl (C=O) groups excluding carboxylic acids is 3. The third-order valence-corrected chi connectivity index (χ3v) is 4.63. The third kappa shape index (κ3) is 5.32. The number of rotatable bonds is 7. The van der Waals surface area contributed by atoms with Gasteiger partial charge in [-0.1, -0.05) is 23.7 Å². The zero-order valence-corrected chi connectivity index (χ0v) is 16.5. The number of hydrogen-bond donors (Lipinski definition) is 2. The van der Waals surface area contributed by atoms with E-state index in [4.69, 9.17) is 21.4 Å². The van der Waals surface area contributed by atoms with Gasteiger partial charge in [-0.2, -0.15) is 0 Å². The number of nitrogens with one attached hydrogen (secondary N) is 1. The Morgan fingerprint density at radius 1 is 1.20 bits per heavy atom. The van der Waals surface area contributed by atoms with Gasteiger partial charge in [0.05, 0.1) is 5.02 Å². The van der Waals surface area contributed by atoms with Crippen molar-refractivity contribution in [2.75, 3.05) is 13.1 Å². The topological polar surface area (TPSA) is 126 Å². The summed E-state index contributed by atoms with van der Waals surface area (Å²) in [7, 11) is 0. The molecule has 2 N–H and O–H groups in total. The SMILES string of the molecule is O=C(O)CNC(=O)C1C(=O)CCN(Cc2ccc(Oc3ccc(Cl)cn3)cc2)C1=O. The number of hydrogen-bond acceptors (Lipinski definition) is 6. The van der Waals surface area contributed by atoms with E-state index in [2.05, 4.69) is 10.3 Å². The van der Waals surface area contributed by atoms with Gasteiger partial charge in [0.25, 0.3) is 0 Å². The number of amides is 2. The molecule has 1 fully saturated rings. The molecule has 156 valence electrons. The van der Waals surface area contributed by atoms with Crippen molar-refractivity contribution in [2.24, 2.45) is 5.92 Å². The predicted octanol–water partition coefficient (Wildman–Crippen LogP) is 1.65. The summed E-state index contributed by atoms with van der Waals surface area (Å²) in [5.41, 5.74) is 0.777. The second-order valence-electron chi connectivity index (χ2n) is 6.58. The van der Waals surface area contributed by atoms with Crippen LogP contribution in [0.1, 0.15) is 12.0 Å². The molecule has 30 heavy (non-hydrogen) atoms. The Morgan fingerprint density at radius 3 is 2.57 bits per heavy atom. The average Bonchev–Trinajstić information content (AvgIpc) is 2.72. The number of likely N-dealkylation sites (tertiary alicyclic amines) is 1. The first-order chi connectivity index (χ1) is 14.3. The summed E-state index contributed by atoms with van der Waals surface area (Å²) in [5.74, 6) is -3.90. The van der Waals surface area contributed by atoms with Gasteiger partial charge in [0.1, 0.15) is 12.3 Å². The van der Waals surface area contributed by atoms with Crippen molar-refractivity contribution in [2.45, 2.75) is 13.0 Å². The van der Waals surface area contributed by atoms with Gasteiger partial charge >= 0.3 is 5.97 Å². The van der Waals surface area contributed by atoms with Gasteiger partial charge in [-0.25, -0.2) is 4.98 Å². The summed E-state index contributed by atoms with van der Waals surface area (Å²) in [6.45, 7) is -0.262. The van der Waals surface area contributed by atoms with Gasteiger partial charge in [0.2, 0.25) is 17.7 Å². The fourth-order valence-electron chi connectivity index (χ4n) is 2.93. The van der Waals surface area contributed by atoms with Crippen LogP contribution in [0.3, 0.4) is 0 Å². The Morgan fingerprint density at radius 2 is 1.93 bits per heavy atom. The molecule has 1 saturated heterocycles. The highest BCUT2D eigenvalue weighted by atomic mass is 35.5. The first-order valence-corrected chi connectivity index (χ1v) is 9.40. The van der Waals surface area contributed by atoms with Crippen molar-refractivity contribution in [1.29, 1.82) is 0 Å². The van der Waals surface area contributed by atoms with E-state index >= 15 is 0 Å². The molecule has 0 aliphatic carbocycles. The maximum atomic E-state index is 12.6. The molecule has 2 heterocycles. The zero-order valence-electron chi connectivity index (χ0n) is 15.7. The molecule has 0 spiro atoms. The normalized spacial score (nSPS) is 16.3. The third-order valence-electron chi connectivity index (χ3n) is 4.40. The number of carbonyl (C=O) groups is 4. The van der Waals surface area contributed by atoms with Gasteiger partial charge in [0, 0.05) is 31.8 Å². The quantitative estimate of drug-likeness (QED) is 0.638. The van der Waals surface area contributed by atoms with Gasteiger partial charge < -0.3 is 20.1 Å². The van der Waals surface area contributed by atoms with Crippen LogP contribution in [0.4, 0.5) is 0 Å². The number of halogens is 1. The van der Waals surface area contributed by atoms with Gasteiger partial charge in [-0.3, -0.25) is 19.2 Å². The summed E-state index contributed by atoms with van der Waals surface area (Å²) in [6, 6.07) is 10.2.